The molecule has 0 aliphatic carbocycles. The number of nitrogens with zero attached hydrogens (tertiary/aromatic N) is 1. The van der Waals surface area contributed by atoms with Crippen LogP contribution in [0.3, 0.4) is 0 Å². The van der Waals surface area contributed by atoms with E-state index in [1.54, 1.807) is 0 Å². The van der Waals surface area contributed by atoms with Crippen LogP contribution < -0.4 is 0 Å². The third kappa shape index (κ3) is 4.29. The number of benzene rings is 2. The van der Waals surface area contributed by atoms with Crippen molar-refractivity contribution in [2.75, 3.05) is 19.7 Å². The molecule has 0 aromatic heterocycles. The summed E-state index contributed by atoms with van der Waals surface area (Å²) in [7, 11) is 0. The van der Waals surface area contributed by atoms with Crippen LogP contribution in [-0.2, 0) is 6.42 Å². The molecule has 0 aliphatic heterocycles. The van der Waals surface area contributed by atoms with E-state index in [4.69, 9.17) is 16.7 Å². The number of hydrogen-bond donors (Lipinski definition) is 1. The first-order chi connectivity index (χ1) is 10.6. The Balaban J connectivity index is 2.11. The highest BCUT2D eigenvalue weighted by Gasteiger charge is 2.19. The fourth-order valence-electron chi connectivity index (χ4n) is 2.18. The van der Waals surface area contributed by atoms with E-state index in [-0.39, 0.29) is 23.7 Å². The maximum atomic E-state index is 13.9. The third-order valence-corrected chi connectivity index (χ3v) is 3.57. The van der Waals surface area contributed by atoms with Gasteiger partial charge in [0, 0.05) is 18.1 Å². The molecule has 0 bridgehead atoms. The Bertz CT molecular complexity index is 634. The van der Waals surface area contributed by atoms with Crippen molar-refractivity contribution in [1.82, 2.24) is 4.90 Å². The van der Waals surface area contributed by atoms with Crippen molar-refractivity contribution in [3.63, 3.8) is 0 Å². The van der Waals surface area contributed by atoms with Gasteiger partial charge >= 0.3 is 0 Å². The molecule has 1 N–H and O–H groups in total. The van der Waals surface area contributed by atoms with Crippen LogP contribution in [0.1, 0.15) is 15.9 Å². The molecular weight excluding hydrogens is 305 g/mol. The average Bonchev–Trinajstić information content (AvgIpc) is 2.52. The molecule has 0 atom stereocenters. The minimum atomic E-state index is -0.653. The molecule has 22 heavy (non-hydrogen) atoms. The second kappa shape index (κ2) is 7.92. The number of carbonyl (C=O) groups is 1. The van der Waals surface area contributed by atoms with Gasteiger partial charge in [-0.15, -0.1) is 0 Å². The first kappa shape index (κ1) is 16.5. The Labute approximate surface area is 133 Å². The highest BCUT2D eigenvalue weighted by molar-refractivity contribution is 6.30. The summed E-state index contributed by atoms with van der Waals surface area (Å²) >= 11 is 5.70. The molecule has 0 spiro atoms. The number of hydrogen-bond acceptors (Lipinski definition) is 2. The molecule has 0 radical (unpaired) electrons. The van der Waals surface area contributed by atoms with Gasteiger partial charge in [0.1, 0.15) is 5.82 Å². The van der Waals surface area contributed by atoms with Gasteiger partial charge in [-0.1, -0.05) is 41.9 Å². The fourth-order valence-corrected chi connectivity index (χ4v) is 2.34. The average molecular weight is 322 g/mol. The summed E-state index contributed by atoms with van der Waals surface area (Å²) in [5.41, 5.74) is 1.04. The predicted octanol–water partition coefficient (Wildman–Crippen LogP) is 3.16. The van der Waals surface area contributed by atoms with Crippen molar-refractivity contribution in [2.45, 2.75) is 6.42 Å². The molecule has 0 unspecified atom stereocenters. The van der Waals surface area contributed by atoms with Gasteiger partial charge in [-0.25, -0.2) is 4.39 Å². The molecule has 116 valence electrons. The van der Waals surface area contributed by atoms with Crippen molar-refractivity contribution in [3.05, 3.63) is 70.5 Å². The van der Waals surface area contributed by atoms with Crippen LogP contribution >= 0.6 is 11.6 Å². The predicted molar refractivity (Wildman–Crippen MR) is 84.5 cm³/mol. The minimum Gasteiger partial charge on any atom is -0.395 e. The lowest BCUT2D eigenvalue weighted by Crippen LogP contribution is -2.35. The summed E-state index contributed by atoms with van der Waals surface area (Å²) in [6, 6.07) is 13.7. The van der Waals surface area contributed by atoms with Gasteiger partial charge in [-0.2, -0.15) is 0 Å². The summed E-state index contributed by atoms with van der Waals surface area (Å²) in [5, 5.41) is 9.38. The lowest BCUT2D eigenvalue weighted by atomic mass is 10.1. The Kier molecular flexibility index (Phi) is 5.92. The van der Waals surface area contributed by atoms with Crippen molar-refractivity contribution < 1.29 is 14.3 Å². The summed E-state index contributed by atoms with van der Waals surface area (Å²) in [5.74, 6) is -1.10. The van der Waals surface area contributed by atoms with E-state index in [1.165, 1.54) is 17.0 Å². The molecule has 0 saturated heterocycles. The van der Waals surface area contributed by atoms with Gasteiger partial charge in [-0.3, -0.25) is 4.79 Å². The highest BCUT2D eigenvalue weighted by atomic mass is 35.5. The van der Waals surface area contributed by atoms with E-state index < -0.39 is 11.7 Å². The van der Waals surface area contributed by atoms with Gasteiger partial charge in [0.15, 0.2) is 0 Å². The normalized spacial score (nSPS) is 10.5. The van der Waals surface area contributed by atoms with E-state index in [2.05, 4.69) is 0 Å². The van der Waals surface area contributed by atoms with E-state index >= 15 is 0 Å². The van der Waals surface area contributed by atoms with Crippen LogP contribution in [0.25, 0.3) is 0 Å². The Morgan fingerprint density at radius 2 is 1.86 bits per heavy atom. The number of aliphatic hydroxyl groups is 1. The van der Waals surface area contributed by atoms with Crippen molar-refractivity contribution in [3.8, 4) is 0 Å². The van der Waals surface area contributed by atoms with Crippen LogP contribution in [0.2, 0.25) is 5.02 Å². The Morgan fingerprint density at radius 3 is 2.50 bits per heavy atom. The number of rotatable bonds is 6. The number of halogens is 2. The quantitative estimate of drug-likeness (QED) is 0.888. The highest BCUT2D eigenvalue weighted by Crippen LogP contribution is 2.16. The second-order valence-corrected chi connectivity index (χ2v) is 5.31. The summed E-state index contributed by atoms with van der Waals surface area (Å²) < 4.78 is 13.9. The molecule has 0 saturated carbocycles. The van der Waals surface area contributed by atoms with E-state index in [9.17, 15) is 9.18 Å². The number of aliphatic hydroxyl groups excluding tert-OH is 1. The maximum absolute atomic E-state index is 13.9. The van der Waals surface area contributed by atoms with E-state index in [1.807, 2.05) is 30.3 Å². The van der Waals surface area contributed by atoms with Crippen LogP contribution in [-0.4, -0.2) is 35.6 Å². The zero-order chi connectivity index (χ0) is 15.9. The molecule has 0 aliphatic rings. The molecule has 2 aromatic rings. The lowest BCUT2D eigenvalue weighted by molar-refractivity contribution is 0.0719. The fraction of sp³-hybridized carbons (Fsp3) is 0.235. The minimum absolute atomic E-state index is 0.0362. The zero-order valence-electron chi connectivity index (χ0n) is 12.0. The first-order valence-corrected chi connectivity index (χ1v) is 7.38. The van der Waals surface area contributed by atoms with E-state index in [0.29, 0.717) is 13.0 Å². The van der Waals surface area contributed by atoms with Crippen molar-refractivity contribution in [2.24, 2.45) is 0 Å². The van der Waals surface area contributed by atoms with Crippen molar-refractivity contribution in [1.29, 1.82) is 0 Å². The largest absolute Gasteiger partial charge is 0.395 e. The monoisotopic (exact) mass is 321 g/mol. The zero-order valence-corrected chi connectivity index (χ0v) is 12.8. The van der Waals surface area contributed by atoms with Gasteiger partial charge < -0.3 is 10.0 Å². The molecule has 5 heteroatoms. The molecule has 2 aromatic carbocycles. The van der Waals surface area contributed by atoms with Gasteiger partial charge in [0.25, 0.3) is 5.91 Å². The SMILES string of the molecule is O=C(c1ccc(Cl)cc1F)N(CCO)CCc1ccccc1. The smallest absolute Gasteiger partial charge is 0.256 e. The lowest BCUT2D eigenvalue weighted by Gasteiger charge is -2.22. The second-order valence-electron chi connectivity index (χ2n) is 4.88. The number of amides is 1. The Hall–Kier alpha value is -1.91. The van der Waals surface area contributed by atoms with Gasteiger partial charge in [0.05, 0.1) is 12.2 Å². The van der Waals surface area contributed by atoms with Crippen LogP contribution in [0.4, 0.5) is 4.39 Å². The molecule has 3 nitrogen and oxygen atoms in total. The number of carbonyl (C=O) groups excluding carboxylic acids is 1. The topological polar surface area (TPSA) is 40.5 Å². The van der Waals surface area contributed by atoms with Crippen LogP contribution in [0.15, 0.2) is 48.5 Å². The summed E-state index contributed by atoms with van der Waals surface area (Å²) in [4.78, 5) is 13.9. The first-order valence-electron chi connectivity index (χ1n) is 7.01. The van der Waals surface area contributed by atoms with Gasteiger partial charge in [-0.05, 0) is 30.2 Å². The summed E-state index contributed by atoms with van der Waals surface area (Å²) in [6.45, 7) is 0.398. The van der Waals surface area contributed by atoms with E-state index in [0.717, 1.165) is 11.6 Å². The summed E-state index contributed by atoms with van der Waals surface area (Å²) in [6.07, 6.45) is 0.641. The Morgan fingerprint density at radius 1 is 1.14 bits per heavy atom. The van der Waals surface area contributed by atoms with Crippen LogP contribution in [0, 0.1) is 5.82 Å². The molecular formula is C17H17ClFNO2. The molecule has 2 rings (SSSR count). The van der Waals surface area contributed by atoms with Crippen LogP contribution in [0.5, 0.6) is 0 Å². The third-order valence-electron chi connectivity index (χ3n) is 3.33. The molecule has 0 heterocycles. The molecule has 0 fully saturated rings. The maximum Gasteiger partial charge on any atom is 0.256 e. The van der Waals surface area contributed by atoms with Crippen molar-refractivity contribution >= 4 is 17.5 Å². The van der Waals surface area contributed by atoms with Gasteiger partial charge in [0.2, 0.25) is 0 Å². The molecule has 1 amide bonds. The standard InChI is InChI=1S/C17H17ClFNO2/c18-14-6-7-15(16(19)12-14)17(22)20(10-11-21)9-8-13-4-2-1-3-5-13/h1-7,12,21H,8-11H2.